The quantitative estimate of drug-likeness (QED) is 0.875. The third-order valence-corrected chi connectivity index (χ3v) is 3.87. The monoisotopic (exact) mass is 320 g/mol. The van der Waals surface area contributed by atoms with E-state index in [-0.39, 0.29) is 5.57 Å². The van der Waals surface area contributed by atoms with Crippen LogP contribution in [0.1, 0.15) is 5.56 Å². The molecule has 0 aliphatic carbocycles. The van der Waals surface area contributed by atoms with Gasteiger partial charge in [-0.05, 0) is 29.0 Å². The van der Waals surface area contributed by atoms with Crippen LogP contribution in [-0.4, -0.2) is 0 Å². The molecule has 2 aromatic carbocycles. The molecule has 0 amide bonds. The largest absolute Gasteiger partial charge is 0.361 e. The molecule has 4 nitrogen and oxygen atoms in total. The fourth-order valence-electron chi connectivity index (χ4n) is 2.60. The molecule has 3 rings (SSSR count). The van der Waals surface area contributed by atoms with Crippen LogP contribution in [0.3, 0.4) is 0 Å². The van der Waals surface area contributed by atoms with Gasteiger partial charge in [0.2, 0.25) is 0 Å². The van der Waals surface area contributed by atoms with Gasteiger partial charge in [-0.25, -0.2) is 0 Å². The zero-order valence-electron chi connectivity index (χ0n) is 13.2. The van der Waals surface area contributed by atoms with Crippen molar-refractivity contribution in [2.75, 3.05) is 5.32 Å². The first-order valence-electron chi connectivity index (χ1n) is 7.56. The first-order valence-corrected chi connectivity index (χ1v) is 7.56. The summed E-state index contributed by atoms with van der Waals surface area (Å²) in [6.45, 7) is 0. The number of rotatable bonds is 1. The molecular formula is C21H12N4. The van der Waals surface area contributed by atoms with E-state index in [0.717, 1.165) is 22.0 Å². The van der Waals surface area contributed by atoms with Crippen LogP contribution in [0.4, 0.5) is 5.69 Å². The lowest BCUT2D eigenvalue weighted by atomic mass is 9.98. The standard InChI is InChI=1S/C21H12N4/c22-12-18(15-5-7-16(8-6-15)19(13-23)14-24)11-17-9-10-25-21-4-2-1-3-20(17)21/h1-11,25H/b17-11-. The predicted molar refractivity (Wildman–Crippen MR) is 96.5 cm³/mol. The van der Waals surface area contributed by atoms with Crippen LogP contribution in [0, 0.1) is 34.0 Å². The van der Waals surface area contributed by atoms with E-state index >= 15 is 0 Å². The normalized spacial score (nSPS) is 12.9. The summed E-state index contributed by atoms with van der Waals surface area (Å²) in [7, 11) is 0. The van der Waals surface area contributed by atoms with E-state index in [9.17, 15) is 5.26 Å². The van der Waals surface area contributed by atoms with Crippen LogP contribution in [0.15, 0.2) is 66.9 Å². The van der Waals surface area contributed by atoms with Gasteiger partial charge in [0.25, 0.3) is 0 Å². The van der Waals surface area contributed by atoms with E-state index in [0.29, 0.717) is 10.8 Å². The first-order chi connectivity index (χ1) is 12.3. The molecule has 0 spiro atoms. The Bertz CT molecular complexity index is 1110. The molecule has 1 N–H and O–H groups in total. The molecule has 0 bridgehead atoms. The molecule has 0 saturated carbocycles. The summed E-state index contributed by atoms with van der Waals surface area (Å²) in [6, 6.07) is 20.7. The second-order valence-electron chi connectivity index (χ2n) is 5.32. The van der Waals surface area contributed by atoms with Crippen LogP contribution in [0.2, 0.25) is 0 Å². The lowest BCUT2D eigenvalue weighted by molar-refractivity contribution is 1.46. The summed E-state index contributed by atoms with van der Waals surface area (Å²) in [5.74, 6) is 0. The van der Waals surface area contributed by atoms with Gasteiger partial charge >= 0.3 is 0 Å². The molecule has 116 valence electrons. The maximum atomic E-state index is 9.55. The number of benzene rings is 2. The van der Waals surface area contributed by atoms with Crippen molar-refractivity contribution in [3.8, 4) is 18.2 Å². The van der Waals surface area contributed by atoms with Gasteiger partial charge in [0.15, 0.2) is 0 Å². The van der Waals surface area contributed by atoms with E-state index in [2.05, 4.69) is 11.4 Å². The van der Waals surface area contributed by atoms with Gasteiger partial charge in [-0.2, -0.15) is 15.8 Å². The van der Waals surface area contributed by atoms with Gasteiger partial charge in [0, 0.05) is 22.7 Å². The molecule has 0 atom stereocenters. The Labute approximate surface area is 145 Å². The Morgan fingerprint density at radius 3 is 2.20 bits per heavy atom. The van der Waals surface area contributed by atoms with Crippen molar-refractivity contribution in [1.82, 2.24) is 0 Å². The zero-order chi connectivity index (χ0) is 17.6. The summed E-state index contributed by atoms with van der Waals surface area (Å²) in [5.41, 5.74) is 3.53. The lowest BCUT2D eigenvalue weighted by Crippen LogP contribution is -2.11. The summed E-state index contributed by atoms with van der Waals surface area (Å²) in [5, 5.41) is 31.9. The average molecular weight is 320 g/mol. The molecule has 0 aromatic heterocycles. The van der Waals surface area contributed by atoms with Gasteiger partial charge in [-0.15, -0.1) is 0 Å². The minimum atomic E-state index is 0.0543. The number of hydrogen-bond donors (Lipinski definition) is 1. The average Bonchev–Trinajstić information content (AvgIpc) is 2.68. The van der Waals surface area contributed by atoms with Crippen molar-refractivity contribution < 1.29 is 0 Å². The maximum Gasteiger partial charge on any atom is 0.136 e. The van der Waals surface area contributed by atoms with Crippen LogP contribution in [0.5, 0.6) is 0 Å². The molecule has 0 radical (unpaired) electrons. The predicted octanol–water partition coefficient (Wildman–Crippen LogP) is 2.58. The van der Waals surface area contributed by atoms with Crippen LogP contribution < -0.4 is 15.8 Å². The highest BCUT2D eigenvalue weighted by Crippen LogP contribution is 2.29. The van der Waals surface area contributed by atoms with Crippen molar-refractivity contribution in [2.24, 2.45) is 0 Å². The van der Waals surface area contributed by atoms with Crippen molar-refractivity contribution in [3.05, 3.63) is 82.9 Å². The Kier molecular flexibility index (Phi) is 4.43. The Hall–Kier alpha value is -4.07. The van der Waals surface area contributed by atoms with Crippen LogP contribution in [0.25, 0.3) is 16.7 Å². The minimum absolute atomic E-state index is 0.0543. The van der Waals surface area contributed by atoms with E-state index < -0.39 is 0 Å². The second kappa shape index (κ2) is 7.01. The second-order valence-corrected chi connectivity index (χ2v) is 5.32. The number of para-hydroxylation sites is 1. The van der Waals surface area contributed by atoms with Crippen LogP contribution >= 0.6 is 0 Å². The lowest BCUT2D eigenvalue weighted by Gasteiger charge is -2.15. The van der Waals surface area contributed by atoms with E-state index in [1.54, 1.807) is 24.3 Å². The highest BCUT2D eigenvalue weighted by Gasteiger charge is 2.09. The first kappa shape index (κ1) is 15.8. The molecule has 25 heavy (non-hydrogen) atoms. The van der Waals surface area contributed by atoms with E-state index in [1.165, 1.54) is 0 Å². The summed E-state index contributed by atoms with van der Waals surface area (Å²) in [4.78, 5) is 0. The highest BCUT2D eigenvalue weighted by atomic mass is 14.8. The molecule has 0 saturated heterocycles. The topological polar surface area (TPSA) is 83.4 Å². The van der Waals surface area contributed by atoms with Crippen LogP contribution in [-0.2, 0) is 0 Å². The molecule has 2 aromatic rings. The number of allylic oxidation sites excluding steroid dienone is 3. The number of nitrogens with zero attached hydrogens (tertiary/aromatic N) is 3. The summed E-state index contributed by atoms with van der Waals surface area (Å²) >= 11 is 0. The molecule has 1 aliphatic rings. The summed E-state index contributed by atoms with van der Waals surface area (Å²) in [6.07, 6.45) is 5.60. The third-order valence-electron chi connectivity index (χ3n) is 3.87. The number of anilines is 1. The Morgan fingerprint density at radius 1 is 0.840 bits per heavy atom. The molecule has 0 fully saturated rings. The Morgan fingerprint density at radius 2 is 1.52 bits per heavy atom. The minimum Gasteiger partial charge on any atom is -0.361 e. The fourth-order valence-corrected chi connectivity index (χ4v) is 2.60. The number of fused-ring (bicyclic) bond motifs is 1. The van der Waals surface area contributed by atoms with Crippen molar-refractivity contribution in [3.63, 3.8) is 0 Å². The number of hydrogen-bond acceptors (Lipinski definition) is 4. The number of nitriles is 3. The number of nitrogens with one attached hydrogen (secondary N) is 1. The van der Waals surface area contributed by atoms with Gasteiger partial charge < -0.3 is 5.32 Å². The van der Waals surface area contributed by atoms with Crippen molar-refractivity contribution >= 4 is 22.4 Å². The molecule has 1 aliphatic heterocycles. The maximum absolute atomic E-state index is 9.55. The molecule has 1 heterocycles. The fraction of sp³-hybridized carbons (Fsp3) is 0. The van der Waals surface area contributed by atoms with Crippen molar-refractivity contribution in [2.45, 2.75) is 0 Å². The van der Waals surface area contributed by atoms with E-state index in [1.807, 2.05) is 54.8 Å². The molecule has 4 heteroatoms. The SMILES string of the molecule is N#CC(C#N)=c1ccc(=C(C#N)/C=C2/C=CNc3ccccc32)cc1. The highest BCUT2D eigenvalue weighted by molar-refractivity contribution is 5.91. The molecule has 0 unspecified atom stereocenters. The van der Waals surface area contributed by atoms with Gasteiger partial charge in [-0.1, -0.05) is 42.5 Å². The third kappa shape index (κ3) is 3.17. The van der Waals surface area contributed by atoms with Gasteiger partial charge in [0.05, 0.1) is 11.6 Å². The van der Waals surface area contributed by atoms with Gasteiger partial charge in [-0.3, -0.25) is 0 Å². The summed E-state index contributed by atoms with van der Waals surface area (Å²) < 4.78 is 0. The van der Waals surface area contributed by atoms with E-state index in [4.69, 9.17) is 10.5 Å². The Balaban J connectivity index is 2.15. The zero-order valence-corrected chi connectivity index (χ0v) is 13.2. The van der Waals surface area contributed by atoms with Crippen molar-refractivity contribution in [1.29, 1.82) is 15.8 Å². The molecular weight excluding hydrogens is 308 g/mol. The smallest absolute Gasteiger partial charge is 0.136 e. The van der Waals surface area contributed by atoms with Gasteiger partial charge in [0.1, 0.15) is 17.7 Å².